The number of amides is 1. The van der Waals surface area contributed by atoms with Gasteiger partial charge in [-0.2, -0.15) is 5.10 Å². The van der Waals surface area contributed by atoms with Crippen LogP contribution >= 0.6 is 0 Å². The van der Waals surface area contributed by atoms with Crippen LogP contribution in [-0.2, 0) is 29.7 Å². The molecule has 3 aromatic rings. The van der Waals surface area contributed by atoms with Gasteiger partial charge in [0.15, 0.2) is 11.5 Å². The smallest absolute Gasteiger partial charge is 0.253 e. The van der Waals surface area contributed by atoms with Crippen molar-refractivity contribution in [2.24, 2.45) is 13.0 Å². The molecule has 1 amide bonds. The summed E-state index contributed by atoms with van der Waals surface area (Å²) in [6.45, 7) is 9.11. The van der Waals surface area contributed by atoms with Gasteiger partial charge in [-0.25, -0.2) is 0 Å². The van der Waals surface area contributed by atoms with Crippen LogP contribution in [0.25, 0.3) is 11.3 Å². The molecule has 0 spiro atoms. The molecule has 196 valence electrons. The topological polar surface area (TPSA) is 69.1 Å². The van der Waals surface area contributed by atoms with Crippen molar-refractivity contribution in [1.82, 2.24) is 19.6 Å². The second-order valence-corrected chi connectivity index (χ2v) is 10.2. The van der Waals surface area contributed by atoms with Crippen LogP contribution < -0.4 is 9.47 Å². The Kier molecular flexibility index (Phi) is 7.76. The quantitative estimate of drug-likeness (QED) is 0.466. The molecule has 1 fully saturated rings. The average molecular weight is 505 g/mol. The van der Waals surface area contributed by atoms with Gasteiger partial charge in [-0.15, -0.1) is 0 Å². The Balaban J connectivity index is 1.28. The number of hydrogen-bond acceptors (Lipinski definition) is 6. The Hall–Kier alpha value is -3.36. The highest BCUT2D eigenvalue weighted by atomic mass is 16.6. The summed E-state index contributed by atoms with van der Waals surface area (Å²) in [6.07, 6.45) is 1.57. The van der Waals surface area contributed by atoms with Crippen molar-refractivity contribution in [3.63, 3.8) is 0 Å². The summed E-state index contributed by atoms with van der Waals surface area (Å²) in [5.74, 6) is 1.87. The molecule has 37 heavy (non-hydrogen) atoms. The summed E-state index contributed by atoms with van der Waals surface area (Å²) >= 11 is 0. The van der Waals surface area contributed by atoms with E-state index in [-0.39, 0.29) is 5.91 Å². The highest BCUT2D eigenvalue weighted by Crippen LogP contribution is 2.31. The lowest BCUT2D eigenvalue weighted by Gasteiger charge is -2.35. The molecule has 0 bridgehead atoms. The number of ether oxygens (including phenoxy) is 3. The molecule has 0 radical (unpaired) electrons. The van der Waals surface area contributed by atoms with E-state index in [2.05, 4.69) is 37.1 Å². The maximum absolute atomic E-state index is 13.7. The molecule has 3 heterocycles. The van der Waals surface area contributed by atoms with Gasteiger partial charge in [-0.1, -0.05) is 50.2 Å². The van der Waals surface area contributed by atoms with Gasteiger partial charge in [-0.05, 0) is 23.6 Å². The SMILES string of the molecule is CC(C)CN(Cc1ccc2c(c1)OCCO2)C(=O)C1CN(Cc2cn(C)nc2-c2ccccc2)CCO1. The second kappa shape index (κ2) is 11.4. The number of aromatic nitrogens is 2. The van der Waals surface area contributed by atoms with Crippen LogP contribution in [0.3, 0.4) is 0 Å². The van der Waals surface area contributed by atoms with Crippen LogP contribution in [0.5, 0.6) is 11.5 Å². The zero-order valence-electron chi connectivity index (χ0n) is 21.9. The Labute approximate surface area is 218 Å². The zero-order chi connectivity index (χ0) is 25.8. The van der Waals surface area contributed by atoms with E-state index in [9.17, 15) is 4.79 Å². The van der Waals surface area contributed by atoms with Gasteiger partial charge < -0.3 is 19.1 Å². The van der Waals surface area contributed by atoms with Gasteiger partial charge in [0, 0.05) is 57.1 Å². The van der Waals surface area contributed by atoms with E-state index in [1.54, 1.807) is 0 Å². The van der Waals surface area contributed by atoms with Crippen LogP contribution in [0.4, 0.5) is 0 Å². The first-order valence-electron chi connectivity index (χ1n) is 13.1. The first kappa shape index (κ1) is 25.3. The first-order chi connectivity index (χ1) is 18.0. The lowest BCUT2D eigenvalue weighted by molar-refractivity contribution is -0.151. The Morgan fingerprint density at radius 2 is 1.86 bits per heavy atom. The normalized spacial score (nSPS) is 17.7. The average Bonchev–Trinajstić information content (AvgIpc) is 3.28. The van der Waals surface area contributed by atoms with Gasteiger partial charge in [0.25, 0.3) is 5.91 Å². The minimum absolute atomic E-state index is 0.0303. The largest absolute Gasteiger partial charge is 0.486 e. The monoisotopic (exact) mass is 504 g/mol. The van der Waals surface area contributed by atoms with Gasteiger partial charge in [0.1, 0.15) is 19.3 Å². The van der Waals surface area contributed by atoms with Gasteiger partial charge in [0.2, 0.25) is 0 Å². The molecule has 2 aromatic carbocycles. The summed E-state index contributed by atoms with van der Waals surface area (Å²) in [5.41, 5.74) is 4.25. The van der Waals surface area contributed by atoms with Crippen LogP contribution in [0.1, 0.15) is 25.0 Å². The maximum atomic E-state index is 13.7. The van der Waals surface area contributed by atoms with Crippen molar-refractivity contribution in [2.45, 2.75) is 33.0 Å². The fraction of sp³-hybridized carbons (Fsp3) is 0.448. The molecule has 5 rings (SSSR count). The third kappa shape index (κ3) is 6.14. The molecular formula is C29H36N4O4. The highest BCUT2D eigenvalue weighted by Gasteiger charge is 2.31. The Morgan fingerprint density at radius 1 is 1.08 bits per heavy atom. The van der Waals surface area contributed by atoms with E-state index >= 15 is 0 Å². The van der Waals surface area contributed by atoms with Crippen LogP contribution in [0, 0.1) is 5.92 Å². The fourth-order valence-corrected chi connectivity index (χ4v) is 5.01. The van der Waals surface area contributed by atoms with Crippen molar-refractivity contribution >= 4 is 5.91 Å². The van der Waals surface area contributed by atoms with Crippen LogP contribution in [-0.4, -0.2) is 71.0 Å². The number of hydrogen-bond donors (Lipinski definition) is 0. The molecule has 0 saturated carbocycles. The lowest BCUT2D eigenvalue weighted by atomic mass is 10.1. The summed E-state index contributed by atoms with van der Waals surface area (Å²) in [5, 5.41) is 4.70. The number of carbonyl (C=O) groups excluding carboxylic acids is 1. The Morgan fingerprint density at radius 3 is 2.65 bits per heavy atom. The van der Waals surface area contributed by atoms with E-state index in [0.717, 1.165) is 47.0 Å². The number of rotatable bonds is 8. The van der Waals surface area contributed by atoms with Crippen molar-refractivity contribution < 1.29 is 19.0 Å². The molecular weight excluding hydrogens is 468 g/mol. The third-order valence-electron chi connectivity index (χ3n) is 6.65. The molecule has 8 nitrogen and oxygen atoms in total. The van der Waals surface area contributed by atoms with Gasteiger partial charge in [-0.3, -0.25) is 14.4 Å². The predicted octanol–water partition coefficient (Wildman–Crippen LogP) is 3.74. The van der Waals surface area contributed by atoms with E-state index in [4.69, 9.17) is 19.3 Å². The van der Waals surface area contributed by atoms with Crippen LogP contribution in [0.15, 0.2) is 54.7 Å². The summed E-state index contributed by atoms with van der Waals surface area (Å²) in [6, 6.07) is 16.2. The number of benzene rings is 2. The molecule has 2 aliphatic rings. The standard InChI is InChI=1S/C29H36N4O4/c1-21(2)16-33(17-22-9-10-25-26(15-22)37-14-13-36-25)29(34)27-20-32(11-12-35-27)19-24-18-31(3)30-28(24)23-7-5-4-6-8-23/h4-10,15,18,21,27H,11-14,16-17,19-20H2,1-3H3. The predicted molar refractivity (Wildman–Crippen MR) is 141 cm³/mol. The number of morpholine rings is 1. The number of fused-ring (bicyclic) bond motifs is 1. The highest BCUT2D eigenvalue weighted by molar-refractivity contribution is 5.81. The summed E-state index contributed by atoms with van der Waals surface area (Å²) < 4.78 is 19.3. The minimum atomic E-state index is -0.499. The Bertz CT molecular complexity index is 1210. The van der Waals surface area contributed by atoms with Gasteiger partial charge >= 0.3 is 0 Å². The lowest BCUT2D eigenvalue weighted by Crippen LogP contribution is -2.51. The number of aryl methyl sites for hydroxylation is 1. The minimum Gasteiger partial charge on any atom is -0.486 e. The second-order valence-electron chi connectivity index (χ2n) is 10.2. The maximum Gasteiger partial charge on any atom is 0.253 e. The molecule has 1 aromatic heterocycles. The molecule has 0 N–H and O–H groups in total. The van der Waals surface area contributed by atoms with Gasteiger partial charge in [0.05, 0.1) is 12.3 Å². The van der Waals surface area contributed by atoms with Crippen molar-refractivity contribution in [3.8, 4) is 22.8 Å². The van der Waals surface area contributed by atoms with E-state index in [1.807, 2.05) is 53.0 Å². The van der Waals surface area contributed by atoms with Crippen molar-refractivity contribution in [2.75, 3.05) is 39.5 Å². The number of carbonyl (C=O) groups is 1. The van der Waals surface area contributed by atoms with Crippen molar-refractivity contribution in [3.05, 3.63) is 65.9 Å². The summed E-state index contributed by atoms with van der Waals surface area (Å²) in [4.78, 5) is 17.9. The zero-order valence-corrected chi connectivity index (χ0v) is 21.9. The van der Waals surface area contributed by atoms with E-state index < -0.39 is 6.10 Å². The van der Waals surface area contributed by atoms with E-state index in [0.29, 0.717) is 45.4 Å². The molecule has 2 aliphatic heterocycles. The fourth-order valence-electron chi connectivity index (χ4n) is 5.01. The molecule has 8 heteroatoms. The molecule has 1 atom stereocenters. The first-order valence-corrected chi connectivity index (χ1v) is 13.1. The third-order valence-corrected chi connectivity index (χ3v) is 6.65. The molecule has 1 unspecified atom stereocenters. The number of nitrogens with zero attached hydrogens (tertiary/aromatic N) is 4. The molecule has 1 saturated heterocycles. The van der Waals surface area contributed by atoms with Crippen LogP contribution in [0.2, 0.25) is 0 Å². The molecule has 0 aliphatic carbocycles. The van der Waals surface area contributed by atoms with E-state index in [1.165, 1.54) is 0 Å². The van der Waals surface area contributed by atoms with Crippen molar-refractivity contribution in [1.29, 1.82) is 0 Å². The summed E-state index contributed by atoms with van der Waals surface area (Å²) in [7, 11) is 1.95.